The third kappa shape index (κ3) is 1.57. The maximum atomic E-state index is 11.7. The first kappa shape index (κ1) is 10.7. The van der Waals surface area contributed by atoms with Crippen molar-refractivity contribution in [2.45, 2.75) is 25.8 Å². The van der Waals surface area contributed by atoms with Gasteiger partial charge in [0, 0.05) is 18.7 Å². The quantitative estimate of drug-likeness (QED) is 0.719. The van der Waals surface area contributed by atoms with Gasteiger partial charge in [-0.05, 0) is 32.0 Å². The van der Waals surface area contributed by atoms with Crippen LogP contribution in [0.15, 0.2) is 24.3 Å². The van der Waals surface area contributed by atoms with Crippen LogP contribution in [0.1, 0.15) is 25.8 Å². The van der Waals surface area contributed by atoms with E-state index in [0.29, 0.717) is 12.0 Å². The Bertz CT molecular complexity index is 471. The lowest BCUT2D eigenvalue weighted by atomic mass is 10.00. The Morgan fingerprint density at radius 2 is 2.19 bits per heavy atom. The number of ketones is 1. The number of hydrogen-bond acceptors (Lipinski definition) is 3. The summed E-state index contributed by atoms with van der Waals surface area (Å²) in [5.74, 6) is 0.259. The zero-order valence-electron chi connectivity index (χ0n) is 9.53. The predicted molar refractivity (Wildman–Crippen MR) is 62.2 cm³/mol. The lowest BCUT2D eigenvalue weighted by Crippen LogP contribution is -2.42. The molecule has 0 N–H and O–H groups in total. The standard InChI is InChI=1S/C13H14N2O/c1-13(2)12(16)6-7-15(13)11-5-3-4-10(8-11)9-14/h3-5,8H,6-7H2,1-2H3. The average Bonchev–Trinajstić information content (AvgIpc) is 2.54. The van der Waals surface area contributed by atoms with E-state index >= 15 is 0 Å². The van der Waals surface area contributed by atoms with Crippen molar-refractivity contribution in [2.24, 2.45) is 0 Å². The van der Waals surface area contributed by atoms with Crippen LogP contribution in [-0.2, 0) is 4.79 Å². The minimum absolute atomic E-state index is 0.259. The van der Waals surface area contributed by atoms with Gasteiger partial charge in [-0.1, -0.05) is 6.07 Å². The molecule has 0 atom stereocenters. The first-order valence-electron chi connectivity index (χ1n) is 5.37. The lowest BCUT2D eigenvalue weighted by molar-refractivity contribution is -0.120. The van der Waals surface area contributed by atoms with E-state index in [4.69, 9.17) is 5.26 Å². The van der Waals surface area contributed by atoms with E-state index in [9.17, 15) is 4.79 Å². The molecule has 1 aromatic rings. The van der Waals surface area contributed by atoms with E-state index in [1.807, 2.05) is 32.0 Å². The molecule has 1 fully saturated rings. The number of carbonyl (C=O) groups excluding carboxylic acids is 1. The molecule has 1 aliphatic heterocycles. The summed E-state index contributed by atoms with van der Waals surface area (Å²) in [6.07, 6.45) is 0.587. The van der Waals surface area contributed by atoms with Crippen LogP contribution in [0.5, 0.6) is 0 Å². The summed E-state index contributed by atoms with van der Waals surface area (Å²) < 4.78 is 0. The highest BCUT2D eigenvalue weighted by Crippen LogP contribution is 2.31. The molecule has 0 saturated carbocycles. The van der Waals surface area contributed by atoms with Crippen LogP contribution in [-0.4, -0.2) is 17.9 Å². The summed E-state index contributed by atoms with van der Waals surface area (Å²) in [5.41, 5.74) is 1.14. The van der Waals surface area contributed by atoms with Gasteiger partial charge in [-0.25, -0.2) is 0 Å². The fourth-order valence-electron chi connectivity index (χ4n) is 2.14. The highest BCUT2D eigenvalue weighted by Gasteiger charge is 2.39. The Hall–Kier alpha value is -1.82. The first-order valence-corrected chi connectivity index (χ1v) is 5.37. The summed E-state index contributed by atoms with van der Waals surface area (Å²) in [4.78, 5) is 13.8. The Balaban J connectivity index is 2.39. The smallest absolute Gasteiger partial charge is 0.159 e. The Morgan fingerprint density at radius 3 is 2.75 bits per heavy atom. The van der Waals surface area contributed by atoms with Crippen LogP contribution < -0.4 is 4.90 Å². The zero-order valence-corrected chi connectivity index (χ0v) is 9.53. The van der Waals surface area contributed by atoms with Crippen molar-refractivity contribution in [2.75, 3.05) is 11.4 Å². The number of Topliss-reactive ketones (excluding diaryl/α,β-unsaturated/α-hetero) is 1. The van der Waals surface area contributed by atoms with Crippen molar-refractivity contribution >= 4 is 11.5 Å². The Kier molecular flexibility index (Phi) is 2.43. The Labute approximate surface area is 95.3 Å². The summed E-state index contributed by atoms with van der Waals surface area (Å²) in [6, 6.07) is 9.52. The Morgan fingerprint density at radius 1 is 1.44 bits per heavy atom. The van der Waals surface area contributed by atoms with E-state index in [1.165, 1.54) is 0 Å². The van der Waals surface area contributed by atoms with Gasteiger partial charge in [0.2, 0.25) is 0 Å². The average molecular weight is 214 g/mol. The van der Waals surface area contributed by atoms with E-state index in [1.54, 1.807) is 6.07 Å². The molecule has 0 aromatic heterocycles. The van der Waals surface area contributed by atoms with Crippen LogP contribution >= 0.6 is 0 Å². The number of benzene rings is 1. The SMILES string of the molecule is CC1(C)C(=O)CCN1c1cccc(C#N)c1. The second-order valence-electron chi connectivity index (χ2n) is 4.55. The van der Waals surface area contributed by atoms with Crippen LogP contribution in [0.4, 0.5) is 5.69 Å². The molecule has 0 spiro atoms. The molecule has 3 heteroatoms. The predicted octanol–water partition coefficient (Wildman–Crippen LogP) is 2.12. The van der Waals surface area contributed by atoms with E-state index in [-0.39, 0.29) is 5.78 Å². The molecule has 1 aliphatic rings. The molecule has 0 aliphatic carbocycles. The third-order valence-corrected chi connectivity index (χ3v) is 3.21. The second-order valence-corrected chi connectivity index (χ2v) is 4.55. The van der Waals surface area contributed by atoms with Crippen LogP contribution in [0.3, 0.4) is 0 Å². The van der Waals surface area contributed by atoms with Crippen LogP contribution in [0.25, 0.3) is 0 Å². The molecule has 82 valence electrons. The molecule has 1 aromatic carbocycles. The third-order valence-electron chi connectivity index (χ3n) is 3.21. The monoisotopic (exact) mass is 214 g/mol. The first-order chi connectivity index (χ1) is 7.55. The molecule has 3 nitrogen and oxygen atoms in total. The largest absolute Gasteiger partial charge is 0.359 e. The minimum atomic E-state index is -0.450. The van der Waals surface area contributed by atoms with Crippen molar-refractivity contribution in [1.82, 2.24) is 0 Å². The van der Waals surface area contributed by atoms with E-state index in [2.05, 4.69) is 11.0 Å². The topological polar surface area (TPSA) is 44.1 Å². The summed E-state index contributed by atoms with van der Waals surface area (Å²) >= 11 is 0. The maximum Gasteiger partial charge on any atom is 0.159 e. The van der Waals surface area contributed by atoms with Gasteiger partial charge in [0.25, 0.3) is 0 Å². The van der Waals surface area contributed by atoms with Gasteiger partial charge in [0.05, 0.1) is 17.2 Å². The minimum Gasteiger partial charge on any atom is -0.359 e. The van der Waals surface area contributed by atoms with Gasteiger partial charge >= 0.3 is 0 Å². The maximum absolute atomic E-state index is 11.7. The van der Waals surface area contributed by atoms with Crippen molar-refractivity contribution in [3.05, 3.63) is 29.8 Å². The molecule has 1 heterocycles. The normalized spacial score (nSPS) is 18.6. The van der Waals surface area contributed by atoms with Crippen LogP contribution in [0, 0.1) is 11.3 Å². The fourth-order valence-corrected chi connectivity index (χ4v) is 2.14. The van der Waals surface area contributed by atoms with Gasteiger partial charge in [-0.2, -0.15) is 5.26 Å². The molecule has 1 saturated heterocycles. The molecule has 0 bridgehead atoms. The highest BCUT2D eigenvalue weighted by molar-refractivity contribution is 5.94. The zero-order chi connectivity index (χ0) is 11.8. The molecular formula is C13H14N2O. The van der Waals surface area contributed by atoms with Gasteiger partial charge in [-0.15, -0.1) is 0 Å². The number of carbonyl (C=O) groups is 1. The van der Waals surface area contributed by atoms with Crippen molar-refractivity contribution in [1.29, 1.82) is 5.26 Å². The van der Waals surface area contributed by atoms with E-state index in [0.717, 1.165) is 12.2 Å². The summed E-state index contributed by atoms with van der Waals surface area (Å²) in [7, 11) is 0. The number of hydrogen-bond donors (Lipinski definition) is 0. The van der Waals surface area contributed by atoms with Gasteiger partial charge in [-0.3, -0.25) is 4.79 Å². The number of anilines is 1. The molecule has 0 unspecified atom stereocenters. The molecule has 0 amide bonds. The highest BCUT2D eigenvalue weighted by atomic mass is 16.1. The van der Waals surface area contributed by atoms with Gasteiger partial charge in [0.15, 0.2) is 5.78 Å². The summed E-state index contributed by atoms with van der Waals surface area (Å²) in [5, 5.41) is 8.85. The van der Waals surface area contributed by atoms with Gasteiger partial charge in [0.1, 0.15) is 0 Å². The van der Waals surface area contributed by atoms with Crippen LogP contribution in [0.2, 0.25) is 0 Å². The molecule has 2 rings (SSSR count). The molecule has 16 heavy (non-hydrogen) atoms. The number of rotatable bonds is 1. The molecule has 0 radical (unpaired) electrons. The van der Waals surface area contributed by atoms with Crippen molar-refractivity contribution in [3.8, 4) is 6.07 Å². The van der Waals surface area contributed by atoms with Crippen molar-refractivity contribution < 1.29 is 4.79 Å². The van der Waals surface area contributed by atoms with Crippen molar-refractivity contribution in [3.63, 3.8) is 0 Å². The second kappa shape index (κ2) is 3.64. The van der Waals surface area contributed by atoms with Gasteiger partial charge < -0.3 is 4.90 Å². The molecular weight excluding hydrogens is 200 g/mol. The summed E-state index contributed by atoms with van der Waals surface area (Å²) in [6.45, 7) is 4.60. The number of nitriles is 1. The van der Waals surface area contributed by atoms with E-state index < -0.39 is 5.54 Å². The number of nitrogens with zero attached hydrogens (tertiary/aromatic N) is 2. The lowest BCUT2D eigenvalue weighted by Gasteiger charge is -2.32. The fraction of sp³-hybridized carbons (Fsp3) is 0.385.